The summed E-state index contributed by atoms with van der Waals surface area (Å²) in [6.07, 6.45) is -10.5. The van der Waals surface area contributed by atoms with Crippen LogP contribution < -0.4 is 10.3 Å². The smallest absolute Gasteiger partial charge is 0.389 e. The van der Waals surface area contributed by atoms with Crippen LogP contribution in [0.5, 0.6) is 5.88 Å². The summed E-state index contributed by atoms with van der Waals surface area (Å²) < 4.78 is 88.3. The first-order chi connectivity index (χ1) is 8.04. The van der Waals surface area contributed by atoms with E-state index in [4.69, 9.17) is 0 Å². The molecule has 1 heterocycles. The van der Waals surface area contributed by atoms with Crippen LogP contribution in [-0.2, 0) is 12.9 Å². The van der Waals surface area contributed by atoms with Gasteiger partial charge < -0.3 is 4.74 Å². The molecule has 0 radical (unpaired) electrons. The topological polar surface area (TPSA) is 42.1 Å². The summed E-state index contributed by atoms with van der Waals surface area (Å²) in [4.78, 5) is 12.1. The van der Waals surface area contributed by atoms with Gasteiger partial charge in [-0.1, -0.05) is 0 Å². The lowest BCUT2D eigenvalue weighted by atomic mass is 10.1. The van der Waals surface area contributed by atoms with Crippen LogP contribution in [0.4, 0.5) is 30.7 Å². The maximum atomic E-state index is 12.4. The second-order valence-corrected chi connectivity index (χ2v) is 3.03. The Morgan fingerprint density at radius 1 is 1.17 bits per heavy atom. The van der Waals surface area contributed by atoms with Crippen LogP contribution in [0.25, 0.3) is 0 Å². The van der Waals surface area contributed by atoms with Crippen molar-refractivity contribution in [3.63, 3.8) is 0 Å². The lowest BCUT2D eigenvalue weighted by Crippen LogP contribution is -2.24. The minimum Gasteiger partial charge on any atom is -0.389 e. The molecule has 0 atom stereocenters. The van der Waals surface area contributed by atoms with E-state index in [9.17, 15) is 35.5 Å². The molecule has 0 spiro atoms. The molecule has 0 aliphatic rings. The molecule has 1 aromatic heterocycles. The number of hydrogen-bond donors (Lipinski definition) is 1. The van der Waals surface area contributed by atoms with Gasteiger partial charge in [0.15, 0.2) is 0 Å². The maximum Gasteiger partial charge on any atom is 0.574 e. The first-order valence-corrected chi connectivity index (χ1v) is 4.19. The first kappa shape index (κ1) is 14.3. The molecule has 0 aromatic carbocycles. The van der Waals surface area contributed by atoms with Crippen LogP contribution in [0.15, 0.2) is 10.9 Å². The van der Waals surface area contributed by atoms with Gasteiger partial charge in [0.1, 0.15) is 6.67 Å². The number of rotatable bonds is 2. The van der Waals surface area contributed by atoms with Gasteiger partial charge in [0.2, 0.25) is 5.88 Å². The number of H-pyrrole nitrogens is 1. The number of aromatic amines is 1. The number of ether oxygens (including phenoxy) is 1. The fraction of sp³-hybridized carbons (Fsp3) is 0.375. The Morgan fingerprint density at radius 3 is 2.11 bits per heavy atom. The number of hydrogen-bond acceptors (Lipinski definition) is 2. The van der Waals surface area contributed by atoms with Gasteiger partial charge >= 0.3 is 12.5 Å². The van der Waals surface area contributed by atoms with Crippen molar-refractivity contribution in [2.24, 2.45) is 0 Å². The monoisotopic (exact) mass is 279 g/mol. The van der Waals surface area contributed by atoms with Gasteiger partial charge in [0.05, 0.1) is 11.1 Å². The quantitative estimate of drug-likeness (QED) is 0.846. The lowest BCUT2D eigenvalue weighted by Gasteiger charge is -2.15. The molecular weight excluding hydrogens is 275 g/mol. The highest BCUT2D eigenvalue weighted by molar-refractivity contribution is 5.36. The Bertz CT molecular complexity index is 488. The second kappa shape index (κ2) is 4.50. The molecule has 0 saturated carbocycles. The summed E-state index contributed by atoms with van der Waals surface area (Å²) in [6, 6.07) is -0.0435. The third kappa shape index (κ3) is 3.37. The highest BCUT2D eigenvalue weighted by Gasteiger charge is 2.39. The van der Waals surface area contributed by atoms with Crippen molar-refractivity contribution >= 4 is 0 Å². The van der Waals surface area contributed by atoms with Crippen LogP contribution >= 0.6 is 0 Å². The van der Waals surface area contributed by atoms with Gasteiger partial charge in [-0.05, 0) is 0 Å². The van der Waals surface area contributed by atoms with E-state index in [1.807, 2.05) is 0 Å². The first-order valence-electron chi connectivity index (χ1n) is 4.19. The van der Waals surface area contributed by atoms with Crippen LogP contribution in [0, 0.1) is 0 Å². The van der Waals surface area contributed by atoms with Crippen molar-refractivity contribution in [1.82, 2.24) is 4.98 Å². The minimum absolute atomic E-state index is 0.0435. The summed E-state index contributed by atoms with van der Waals surface area (Å²) in [5, 5.41) is 0. The maximum absolute atomic E-state index is 12.4. The molecule has 0 amide bonds. The third-order valence-corrected chi connectivity index (χ3v) is 1.77. The predicted molar refractivity (Wildman–Crippen MR) is 43.6 cm³/mol. The fourth-order valence-corrected chi connectivity index (χ4v) is 1.15. The number of halogens is 7. The molecule has 1 rings (SSSR count). The van der Waals surface area contributed by atoms with E-state index < -0.39 is 41.8 Å². The van der Waals surface area contributed by atoms with Crippen molar-refractivity contribution in [2.75, 3.05) is 0 Å². The van der Waals surface area contributed by atoms with E-state index in [2.05, 4.69) is 4.74 Å². The molecule has 18 heavy (non-hydrogen) atoms. The van der Waals surface area contributed by atoms with Gasteiger partial charge in [-0.15, -0.1) is 13.2 Å². The average Bonchev–Trinajstić information content (AvgIpc) is 2.12. The van der Waals surface area contributed by atoms with Crippen molar-refractivity contribution in [3.05, 3.63) is 27.5 Å². The van der Waals surface area contributed by atoms with Crippen LogP contribution in [0.3, 0.4) is 0 Å². The molecule has 3 nitrogen and oxygen atoms in total. The Kier molecular flexibility index (Phi) is 3.58. The molecule has 0 unspecified atom stereocenters. The molecule has 0 aliphatic heterocycles. The lowest BCUT2D eigenvalue weighted by molar-refractivity contribution is -0.276. The molecular formula is C8H4F7NO2. The summed E-state index contributed by atoms with van der Waals surface area (Å²) in [7, 11) is 0. The van der Waals surface area contributed by atoms with E-state index in [-0.39, 0.29) is 6.07 Å². The second-order valence-electron chi connectivity index (χ2n) is 3.03. The molecule has 0 fully saturated rings. The van der Waals surface area contributed by atoms with E-state index in [1.54, 1.807) is 0 Å². The number of nitrogens with one attached hydrogen (secondary N) is 1. The number of pyridine rings is 1. The van der Waals surface area contributed by atoms with Crippen molar-refractivity contribution < 1.29 is 35.5 Å². The number of aromatic nitrogens is 1. The summed E-state index contributed by atoms with van der Waals surface area (Å²) >= 11 is 0. The summed E-state index contributed by atoms with van der Waals surface area (Å²) in [5.74, 6) is -1.61. The number of alkyl halides is 7. The van der Waals surface area contributed by atoms with E-state index in [0.29, 0.717) is 0 Å². The normalized spacial score (nSPS) is 12.6. The molecule has 0 bridgehead atoms. The Morgan fingerprint density at radius 2 is 1.72 bits per heavy atom. The van der Waals surface area contributed by atoms with E-state index in [0.717, 1.165) is 0 Å². The van der Waals surface area contributed by atoms with Crippen LogP contribution in [-0.4, -0.2) is 11.3 Å². The van der Waals surface area contributed by atoms with Crippen LogP contribution in [0.1, 0.15) is 11.1 Å². The zero-order valence-electron chi connectivity index (χ0n) is 8.25. The van der Waals surface area contributed by atoms with Crippen molar-refractivity contribution in [2.45, 2.75) is 19.2 Å². The van der Waals surface area contributed by atoms with Crippen LogP contribution in [0.2, 0.25) is 0 Å². The van der Waals surface area contributed by atoms with E-state index >= 15 is 0 Å². The van der Waals surface area contributed by atoms with Crippen molar-refractivity contribution in [1.29, 1.82) is 0 Å². The molecule has 10 heteroatoms. The van der Waals surface area contributed by atoms with Gasteiger partial charge in [0, 0.05) is 6.07 Å². The standard InChI is InChI=1S/C8H4F7NO2/c9-2-3-4(7(10,11)12)1-5(17)16-6(3)18-8(13,14)15/h1H,2H2,(H,16,17). The largest absolute Gasteiger partial charge is 0.574 e. The molecule has 1 N–H and O–H groups in total. The SMILES string of the molecule is O=c1cc(C(F)(F)F)c(CF)c(OC(F)(F)F)[nH]1. The predicted octanol–water partition coefficient (Wildman–Crippen LogP) is 2.76. The zero-order valence-corrected chi connectivity index (χ0v) is 8.25. The molecule has 102 valence electrons. The van der Waals surface area contributed by atoms with E-state index in [1.165, 1.54) is 4.98 Å². The fourth-order valence-electron chi connectivity index (χ4n) is 1.15. The van der Waals surface area contributed by atoms with Gasteiger partial charge in [-0.25, -0.2) is 4.39 Å². The Hall–Kier alpha value is -1.74. The van der Waals surface area contributed by atoms with Gasteiger partial charge in [-0.2, -0.15) is 13.2 Å². The highest BCUT2D eigenvalue weighted by atomic mass is 19.4. The van der Waals surface area contributed by atoms with Crippen molar-refractivity contribution in [3.8, 4) is 5.88 Å². The Balaban J connectivity index is 3.44. The molecule has 0 aliphatic carbocycles. The average molecular weight is 279 g/mol. The van der Waals surface area contributed by atoms with Gasteiger partial charge in [-0.3, -0.25) is 9.78 Å². The Labute approximate surface area is 94.2 Å². The zero-order chi connectivity index (χ0) is 14.1. The third-order valence-electron chi connectivity index (χ3n) is 1.77. The molecule has 1 aromatic rings. The summed E-state index contributed by atoms with van der Waals surface area (Å²) in [6.45, 7) is -1.88. The minimum atomic E-state index is -5.35. The highest BCUT2D eigenvalue weighted by Crippen LogP contribution is 2.35. The molecule has 0 saturated heterocycles. The summed E-state index contributed by atoms with van der Waals surface area (Å²) in [5.41, 5.74) is -4.72. The van der Waals surface area contributed by atoms with Gasteiger partial charge in [0.25, 0.3) is 5.56 Å².